The minimum absolute atomic E-state index is 0.257. The van der Waals surface area contributed by atoms with E-state index in [1.54, 1.807) is 0 Å². The molecule has 0 bridgehead atoms. The summed E-state index contributed by atoms with van der Waals surface area (Å²) in [5, 5.41) is 8.32. The normalized spacial score (nSPS) is 12.0. The second-order valence-electron chi connectivity index (χ2n) is 3.13. The Morgan fingerprint density at radius 3 is 2.41 bits per heavy atom. The smallest absolute Gasteiger partial charge is 0.418 e. The van der Waals surface area contributed by atoms with Gasteiger partial charge in [-0.15, -0.1) is 0 Å². The van der Waals surface area contributed by atoms with Crippen molar-refractivity contribution in [1.82, 2.24) is 0 Å². The Bertz CT molecular complexity index is 480. The van der Waals surface area contributed by atoms with E-state index in [1.165, 1.54) is 0 Å². The molecule has 1 aromatic rings. The molecule has 0 aliphatic carbocycles. The van der Waals surface area contributed by atoms with Gasteiger partial charge in [0, 0.05) is 11.6 Å². The van der Waals surface area contributed by atoms with Crippen molar-refractivity contribution in [3.8, 4) is 0 Å². The highest BCUT2D eigenvalue weighted by molar-refractivity contribution is 5.87. The van der Waals surface area contributed by atoms with Crippen molar-refractivity contribution in [3.63, 3.8) is 0 Å². The van der Waals surface area contributed by atoms with Gasteiger partial charge in [-0.05, 0) is 18.2 Å². The molecule has 0 radical (unpaired) electrons. The van der Waals surface area contributed by atoms with Crippen LogP contribution in [0.4, 0.5) is 23.2 Å². The van der Waals surface area contributed by atoms with Crippen LogP contribution in [0.1, 0.15) is 11.1 Å². The number of alkyl halides is 3. The number of carboxylic acids is 1. The summed E-state index contributed by atoms with van der Waals surface area (Å²) in [6.07, 6.45) is -3.42. The third kappa shape index (κ3) is 3.20. The van der Waals surface area contributed by atoms with Crippen LogP contribution in [0.3, 0.4) is 0 Å². The third-order valence-electron chi connectivity index (χ3n) is 1.89. The van der Waals surface area contributed by atoms with Gasteiger partial charge in [0.1, 0.15) is 5.82 Å². The highest BCUT2D eigenvalue weighted by Crippen LogP contribution is 2.36. The van der Waals surface area contributed by atoms with E-state index >= 15 is 0 Å². The molecule has 0 aromatic heterocycles. The Labute approximate surface area is 93.2 Å². The zero-order valence-electron chi connectivity index (χ0n) is 8.25. The molecule has 0 saturated heterocycles. The molecule has 3 N–H and O–H groups in total. The van der Waals surface area contributed by atoms with E-state index in [-0.39, 0.29) is 11.6 Å². The average molecular weight is 249 g/mol. The molecule has 0 amide bonds. The fourth-order valence-electron chi connectivity index (χ4n) is 1.17. The maximum Gasteiger partial charge on any atom is 0.418 e. The quantitative estimate of drug-likeness (QED) is 0.481. The van der Waals surface area contributed by atoms with Crippen LogP contribution in [-0.4, -0.2) is 11.1 Å². The van der Waals surface area contributed by atoms with Crippen LogP contribution in [-0.2, 0) is 11.0 Å². The number of halogens is 4. The predicted molar refractivity (Wildman–Crippen MR) is 52.5 cm³/mol. The van der Waals surface area contributed by atoms with E-state index in [0.717, 1.165) is 12.1 Å². The van der Waals surface area contributed by atoms with Crippen LogP contribution in [0.25, 0.3) is 6.08 Å². The van der Waals surface area contributed by atoms with E-state index in [4.69, 9.17) is 10.8 Å². The first-order chi connectivity index (χ1) is 7.71. The molecule has 0 aliphatic heterocycles. The molecule has 0 fully saturated rings. The minimum atomic E-state index is -4.79. The zero-order valence-corrected chi connectivity index (χ0v) is 8.25. The van der Waals surface area contributed by atoms with Gasteiger partial charge in [-0.2, -0.15) is 13.2 Å². The van der Waals surface area contributed by atoms with Gasteiger partial charge >= 0.3 is 12.1 Å². The number of benzene rings is 1. The minimum Gasteiger partial charge on any atom is -0.478 e. The summed E-state index contributed by atoms with van der Waals surface area (Å²) in [5.74, 6) is -2.52. The Hall–Kier alpha value is -2.05. The number of nitrogens with two attached hydrogens (primary N) is 1. The van der Waals surface area contributed by atoms with Crippen LogP contribution in [0.15, 0.2) is 18.2 Å². The van der Waals surface area contributed by atoms with E-state index in [2.05, 4.69) is 0 Å². The topological polar surface area (TPSA) is 63.3 Å². The van der Waals surface area contributed by atoms with Crippen molar-refractivity contribution in [2.24, 2.45) is 0 Å². The first-order valence-corrected chi connectivity index (χ1v) is 4.29. The highest BCUT2D eigenvalue weighted by Gasteiger charge is 2.34. The molecular formula is C10H7F4NO2. The van der Waals surface area contributed by atoms with E-state index in [0.29, 0.717) is 6.08 Å². The molecule has 0 spiro atoms. The van der Waals surface area contributed by atoms with Crippen molar-refractivity contribution in [1.29, 1.82) is 0 Å². The summed E-state index contributed by atoms with van der Waals surface area (Å²) < 4.78 is 50.2. The number of aliphatic carboxylic acids is 1. The van der Waals surface area contributed by atoms with Crippen LogP contribution < -0.4 is 5.73 Å². The van der Waals surface area contributed by atoms with Crippen molar-refractivity contribution >= 4 is 17.7 Å². The Kier molecular flexibility index (Phi) is 3.40. The molecule has 7 heteroatoms. The SMILES string of the molecule is Nc1c(/C=C/C(=O)O)cc(F)cc1C(F)(F)F. The lowest BCUT2D eigenvalue weighted by Gasteiger charge is -2.12. The molecule has 0 heterocycles. The monoisotopic (exact) mass is 249 g/mol. The number of nitrogen functional groups attached to an aromatic ring is 1. The van der Waals surface area contributed by atoms with Crippen LogP contribution in [0, 0.1) is 5.82 Å². The van der Waals surface area contributed by atoms with Gasteiger partial charge in [-0.3, -0.25) is 0 Å². The Balaban J connectivity index is 3.34. The van der Waals surface area contributed by atoms with E-state index in [1.807, 2.05) is 0 Å². The van der Waals surface area contributed by atoms with Crippen LogP contribution >= 0.6 is 0 Å². The van der Waals surface area contributed by atoms with Gasteiger partial charge in [0.2, 0.25) is 0 Å². The lowest BCUT2D eigenvalue weighted by molar-refractivity contribution is -0.137. The second-order valence-corrected chi connectivity index (χ2v) is 3.13. The number of carboxylic acid groups (broad SMARTS) is 1. The first kappa shape index (κ1) is 13.0. The lowest BCUT2D eigenvalue weighted by atomic mass is 10.1. The van der Waals surface area contributed by atoms with Gasteiger partial charge in [-0.1, -0.05) is 0 Å². The predicted octanol–water partition coefficient (Wildman–Crippen LogP) is 2.52. The molecular weight excluding hydrogens is 242 g/mol. The zero-order chi connectivity index (χ0) is 13.2. The molecule has 0 aliphatic rings. The van der Waals surface area contributed by atoms with Crippen LogP contribution in [0.2, 0.25) is 0 Å². The maximum atomic E-state index is 12.9. The van der Waals surface area contributed by atoms with Crippen molar-refractivity contribution in [2.75, 3.05) is 5.73 Å². The third-order valence-corrected chi connectivity index (χ3v) is 1.89. The number of hydrogen-bond donors (Lipinski definition) is 2. The lowest BCUT2D eigenvalue weighted by Crippen LogP contribution is -2.10. The fourth-order valence-corrected chi connectivity index (χ4v) is 1.17. The Morgan fingerprint density at radius 2 is 1.94 bits per heavy atom. The second kappa shape index (κ2) is 4.44. The summed E-state index contributed by atoms with van der Waals surface area (Å²) in [4.78, 5) is 10.2. The summed E-state index contributed by atoms with van der Waals surface area (Å²) in [5.41, 5.74) is 2.82. The Morgan fingerprint density at radius 1 is 1.35 bits per heavy atom. The molecule has 0 saturated carbocycles. The van der Waals surface area contributed by atoms with Crippen molar-refractivity contribution in [3.05, 3.63) is 35.2 Å². The van der Waals surface area contributed by atoms with Gasteiger partial charge in [0.25, 0.3) is 0 Å². The fraction of sp³-hybridized carbons (Fsp3) is 0.100. The van der Waals surface area contributed by atoms with Crippen LogP contribution in [0.5, 0.6) is 0 Å². The summed E-state index contributed by atoms with van der Waals surface area (Å²) in [7, 11) is 0. The van der Waals surface area contributed by atoms with E-state index < -0.39 is 29.2 Å². The maximum absolute atomic E-state index is 12.9. The number of carbonyl (C=O) groups is 1. The van der Waals surface area contributed by atoms with Gasteiger partial charge in [0.15, 0.2) is 0 Å². The average Bonchev–Trinajstić information content (AvgIpc) is 2.17. The molecule has 17 heavy (non-hydrogen) atoms. The standard InChI is InChI=1S/C10H7F4NO2/c11-6-3-5(1-2-8(16)17)9(15)7(4-6)10(12,13)14/h1-4H,15H2,(H,16,17)/b2-1+. The highest BCUT2D eigenvalue weighted by atomic mass is 19.4. The molecule has 0 unspecified atom stereocenters. The van der Waals surface area contributed by atoms with Crippen molar-refractivity contribution < 1.29 is 27.5 Å². The molecule has 3 nitrogen and oxygen atoms in total. The summed E-state index contributed by atoms with van der Waals surface area (Å²) in [6, 6.07) is 0.984. The molecule has 1 rings (SSSR count). The van der Waals surface area contributed by atoms with E-state index in [9.17, 15) is 22.4 Å². The largest absolute Gasteiger partial charge is 0.478 e. The number of rotatable bonds is 2. The summed E-state index contributed by atoms with van der Waals surface area (Å²) in [6.45, 7) is 0. The number of hydrogen-bond acceptors (Lipinski definition) is 2. The number of anilines is 1. The summed E-state index contributed by atoms with van der Waals surface area (Å²) >= 11 is 0. The molecule has 0 atom stereocenters. The molecule has 92 valence electrons. The first-order valence-electron chi connectivity index (χ1n) is 4.29. The van der Waals surface area contributed by atoms with Gasteiger partial charge < -0.3 is 10.8 Å². The molecule has 1 aromatic carbocycles. The van der Waals surface area contributed by atoms with Crippen molar-refractivity contribution in [2.45, 2.75) is 6.18 Å². The van der Waals surface area contributed by atoms with Gasteiger partial charge in [-0.25, -0.2) is 9.18 Å². The van der Waals surface area contributed by atoms with Gasteiger partial charge in [0.05, 0.1) is 11.3 Å².